The lowest BCUT2D eigenvalue weighted by atomic mass is 10.2. The van der Waals surface area contributed by atoms with Crippen LogP contribution in [0.2, 0.25) is 15.2 Å². The van der Waals surface area contributed by atoms with Gasteiger partial charge in [-0.1, -0.05) is 34.8 Å². The van der Waals surface area contributed by atoms with Gasteiger partial charge in [-0.25, -0.2) is 14.2 Å². The molecule has 0 aliphatic heterocycles. The Morgan fingerprint density at radius 1 is 1.30 bits per heavy atom. The quantitative estimate of drug-likeness (QED) is 0.686. The third-order valence-corrected chi connectivity index (χ3v) is 3.94. The highest BCUT2D eigenvalue weighted by Crippen LogP contribution is 2.33. The third-order valence-electron chi connectivity index (χ3n) is 3.12. The number of nitrogens with one attached hydrogen (secondary N) is 1. The molecule has 23 heavy (non-hydrogen) atoms. The van der Waals surface area contributed by atoms with Gasteiger partial charge in [0.25, 0.3) is 0 Å². The fourth-order valence-corrected chi connectivity index (χ4v) is 2.69. The Kier molecular flexibility index (Phi) is 4.06. The number of carbonyl (C=O) groups is 1. The second-order valence-electron chi connectivity index (χ2n) is 4.56. The molecule has 0 aliphatic rings. The molecule has 1 aromatic carbocycles. The van der Waals surface area contributed by atoms with Gasteiger partial charge in [0, 0.05) is 11.2 Å². The smallest absolute Gasteiger partial charge is 0.339 e. The molecule has 5 nitrogen and oxygen atoms in total. The molecule has 0 saturated heterocycles. The van der Waals surface area contributed by atoms with Gasteiger partial charge in [0.05, 0.1) is 22.6 Å². The minimum Gasteiger partial charge on any atom is -0.478 e. The number of fused-ring (bicyclic) bond motifs is 1. The number of carboxylic acid groups (broad SMARTS) is 1. The van der Waals surface area contributed by atoms with Gasteiger partial charge in [-0.2, -0.15) is 0 Å². The number of aromatic carboxylic acids is 1. The van der Waals surface area contributed by atoms with Crippen LogP contribution in [0.1, 0.15) is 10.4 Å². The van der Waals surface area contributed by atoms with E-state index in [9.17, 15) is 14.3 Å². The van der Waals surface area contributed by atoms with E-state index in [1.807, 2.05) is 0 Å². The summed E-state index contributed by atoms with van der Waals surface area (Å²) in [5, 5.41) is 12.7. The SMILES string of the molecule is O=C(O)c1cn2c(Cl)cnc2c(F)c1Nc1ccc(Cl)cc1Cl. The van der Waals surface area contributed by atoms with Gasteiger partial charge >= 0.3 is 5.97 Å². The number of imidazole rings is 1. The summed E-state index contributed by atoms with van der Waals surface area (Å²) in [6.45, 7) is 0. The Morgan fingerprint density at radius 2 is 2.04 bits per heavy atom. The van der Waals surface area contributed by atoms with Crippen LogP contribution in [0.5, 0.6) is 0 Å². The van der Waals surface area contributed by atoms with E-state index < -0.39 is 11.8 Å². The lowest BCUT2D eigenvalue weighted by molar-refractivity contribution is 0.0697. The summed E-state index contributed by atoms with van der Waals surface area (Å²) < 4.78 is 15.8. The fraction of sp³-hybridized carbons (Fsp3) is 0. The van der Waals surface area contributed by atoms with Crippen molar-refractivity contribution in [1.29, 1.82) is 0 Å². The van der Waals surface area contributed by atoms with Gasteiger partial charge in [-0.05, 0) is 18.2 Å². The number of hydrogen-bond donors (Lipinski definition) is 2. The first-order chi connectivity index (χ1) is 10.9. The highest BCUT2D eigenvalue weighted by Gasteiger charge is 2.21. The van der Waals surface area contributed by atoms with E-state index in [0.29, 0.717) is 10.7 Å². The maximum absolute atomic E-state index is 14.7. The van der Waals surface area contributed by atoms with Crippen LogP contribution in [0.4, 0.5) is 15.8 Å². The molecule has 0 radical (unpaired) electrons. The zero-order valence-electron chi connectivity index (χ0n) is 11.1. The Bertz CT molecular complexity index is 943. The number of nitrogens with zero attached hydrogens (tertiary/aromatic N) is 2. The summed E-state index contributed by atoms with van der Waals surface area (Å²) in [6, 6.07) is 4.51. The number of benzene rings is 1. The van der Waals surface area contributed by atoms with E-state index in [1.165, 1.54) is 24.5 Å². The summed E-state index contributed by atoms with van der Waals surface area (Å²) >= 11 is 17.7. The Labute approximate surface area is 144 Å². The zero-order chi connectivity index (χ0) is 16.7. The normalized spacial score (nSPS) is 11.0. The molecule has 0 bridgehead atoms. The monoisotopic (exact) mass is 373 g/mol. The van der Waals surface area contributed by atoms with Crippen molar-refractivity contribution in [2.24, 2.45) is 0 Å². The van der Waals surface area contributed by atoms with Gasteiger partial charge in [0.2, 0.25) is 0 Å². The number of rotatable bonds is 3. The minimum absolute atomic E-state index is 0.0949. The van der Waals surface area contributed by atoms with Crippen molar-refractivity contribution >= 4 is 57.8 Å². The third kappa shape index (κ3) is 2.81. The first-order valence-electron chi connectivity index (χ1n) is 6.19. The summed E-state index contributed by atoms with van der Waals surface area (Å²) in [5.41, 5.74) is -0.385. The van der Waals surface area contributed by atoms with E-state index in [2.05, 4.69) is 10.3 Å². The van der Waals surface area contributed by atoms with E-state index in [-0.39, 0.29) is 27.1 Å². The fourth-order valence-electron chi connectivity index (χ4n) is 2.06. The van der Waals surface area contributed by atoms with Crippen LogP contribution in [-0.4, -0.2) is 20.5 Å². The Morgan fingerprint density at radius 3 is 2.70 bits per heavy atom. The van der Waals surface area contributed by atoms with E-state index >= 15 is 0 Å². The van der Waals surface area contributed by atoms with Crippen LogP contribution in [0.15, 0.2) is 30.6 Å². The molecule has 9 heteroatoms. The predicted molar refractivity (Wildman–Crippen MR) is 86.9 cm³/mol. The van der Waals surface area contributed by atoms with Crippen molar-refractivity contribution in [3.63, 3.8) is 0 Å². The molecule has 0 aliphatic carbocycles. The topological polar surface area (TPSA) is 66.6 Å². The van der Waals surface area contributed by atoms with Crippen molar-refractivity contribution < 1.29 is 14.3 Å². The minimum atomic E-state index is -1.33. The van der Waals surface area contributed by atoms with Gasteiger partial charge in [-0.3, -0.25) is 4.40 Å². The molecule has 2 aromatic heterocycles. The molecular weight excluding hydrogens is 368 g/mol. The van der Waals surface area contributed by atoms with Gasteiger partial charge in [0.1, 0.15) is 10.7 Å². The Balaban J connectivity index is 2.21. The van der Waals surface area contributed by atoms with Gasteiger partial charge < -0.3 is 10.4 Å². The van der Waals surface area contributed by atoms with Crippen molar-refractivity contribution in [2.75, 3.05) is 5.32 Å². The summed E-state index contributed by atoms with van der Waals surface area (Å²) in [7, 11) is 0. The average molecular weight is 375 g/mol. The van der Waals surface area contributed by atoms with Crippen LogP contribution >= 0.6 is 34.8 Å². The van der Waals surface area contributed by atoms with Crippen LogP contribution in [0.25, 0.3) is 5.65 Å². The second kappa shape index (κ2) is 5.88. The molecule has 118 valence electrons. The van der Waals surface area contributed by atoms with Crippen LogP contribution in [-0.2, 0) is 0 Å². The molecular formula is C14H7Cl3FN3O2. The first kappa shape index (κ1) is 15.9. The number of halogens is 4. The number of aromatic nitrogens is 2. The Hall–Kier alpha value is -2.02. The van der Waals surface area contributed by atoms with Crippen LogP contribution in [0.3, 0.4) is 0 Å². The number of anilines is 2. The molecule has 0 unspecified atom stereocenters. The average Bonchev–Trinajstić information content (AvgIpc) is 2.85. The molecule has 2 N–H and O–H groups in total. The van der Waals surface area contributed by atoms with Crippen molar-refractivity contribution in [1.82, 2.24) is 9.38 Å². The number of hydrogen-bond acceptors (Lipinski definition) is 3. The van der Waals surface area contributed by atoms with Crippen LogP contribution < -0.4 is 5.32 Å². The van der Waals surface area contributed by atoms with Gasteiger partial charge in [-0.15, -0.1) is 0 Å². The number of pyridine rings is 1. The van der Waals surface area contributed by atoms with Crippen molar-refractivity contribution in [3.05, 3.63) is 57.2 Å². The van der Waals surface area contributed by atoms with Crippen molar-refractivity contribution in [2.45, 2.75) is 0 Å². The molecule has 0 spiro atoms. The molecule has 0 atom stereocenters. The maximum Gasteiger partial charge on any atom is 0.339 e. The van der Waals surface area contributed by atoms with E-state index in [0.717, 1.165) is 4.40 Å². The van der Waals surface area contributed by atoms with E-state index in [4.69, 9.17) is 34.8 Å². The maximum atomic E-state index is 14.7. The highest BCUT2D eigenvalue weighted by molar-refractivity contribution is 6.36. The molecule has 3 rings (SSSR count). The molecule has 0 fully saturated rings. The first-order valence-corrected chi connectivity index (χ1v) is 7.32. The number of carboxylic acids is 1. The summed E-state index contributed by atoms with van der Waals surface area (Å²) in [5.74, 6) is -2.19. The lowest BCUT2D eigenvalue weighted by Gasteiger charge is -2.13. The van der Waals surface area contributed by atoms with Crippen molar-refractivity contribution in [3.8, 4) is 0 Å². The summed E-state index contributed by atoms with van der Waals surface area (Å²) in [6.07, 6.45) is 2.41. The second-order valence-corrected chi connectivity index (χ2v) is 5.79. The molecule has 0 amide bonds. The molecule has 3 aromatic rings. The zero-order valence-corrected chi connectivity index (χ0v) is 13.4. The summed E-state index contributed by atoms with van der Waals surface area (Å²) in [4.78, 5) is 15.3. The largest absolute Gasteiger partial charge is 0.478 e. The molecule has 0 saturated carbocycles. The van der Waals surface area contributed by atoms with Gasteiger partial charge in [0.15, 0.2) is 11.5 Å². The standard InChI is InChI=1S/C14H7Cl3FN3O2/c15-6-1-2-9(8(16)3-6)20-12-7(14(22)23)5-21-10(17)4-19-13(21)11(12)18/h1-5,20H,(H,22,23). The van der Waals surface area contributed by atoms with E-state index in [1.54, 1.807) is 6.07 Å². The van der Waals surface area contributed by atoms with Crippen LogP contribution in [0, 0.1) is 5.82 Å². The lowest BCUT2D eigenvalue weighted by Crippen LogP contribution is -2.08. The predicted octanol–water partition coefficient (Wildman–Crippen LogP) is 4.88. The highest BCUT2D eigenvalue weighted by atomic mass is 35.5. The molecule has 2 heterocycles.